The summed E-state index contributed by atoms with van der Waals surface area (Å²) in [5.41, 5.74) is 2.61. The lowest BCUT2D eigenvalue weighted by Gasteiger charge is -2.28. The van der Waals surface area contributed by atoms with Crippen molar-refractivity contribution >= 4 is 28.6 Å². The van der Waals surface area contributed by atoms with Crippen molar-refractivity contribution in [2.75, 3.05) is 26.8 Å². The summed E-state index contributed by atoms with van der Waals surface area (Å²) in [6.07, 6.45) is 2.53. The normalized spacial score (nSPS) is 26.9. The molecule has 8 rings (SSSR count). The topological polar surface area (TPSA) is 108 Å². The molecule has 5 atom stereocenters. The number of nitrogens with zero attached hydrogens (tertiary/aromatic N) is 4. The fourth-order valence-electron chi connectivity index (χ4n) is 7.07. The van der Waals surface area contributed by atoms with E-state index < -0.39 is 11.8 Å². The molecular weight excluding hydrogens is 591 g/mol. The monoisotopic (exact) mass is 620 g/mol. The molecule has 3 fully saturated rings. The Balaban J connectivity index is 1.04. The lowest BCUT2D eigenvalue weighted by atomic mass is 10.0. The summed E-state index contributed by atoms with van der Waals surface area (Å²) in [7, 11) is 1.52. The molecule has 0 amide bonds. The van der Waals surface area contributed by atoms with Gasteiger partial charge in [-0.3, -0.25) is 9.88 Å². The zero-order valence-electron chi connectivity index (χ0n) is 24.1. The Morgan fingerprint density at radius 3 is 2.66 bits per heavy atom. The Morgan fingerprint density at radius 2 is 2.00 bits per heavy atom. The second-order valence-corrected chi connectivity index (χ2v) is 12.6. The number of imidazole rings is 1. The van der Waals surface area contributed by atoms with Crippen molar-refractivity contribution in [1.82, 2.24) is 19.4 Å². The van der Waals surface area contributed by atoms with Crippen LogP contribution in [0.3, 0.4) is 0 Å². The summed E-state index contributed by atoms with van der Waals surface area (Å²) in [5, 5.41) is 10.2. The van der Waals surface area contributed by atoms with Gasteiger partial charge in [0.05, 0.1) is 42.4 Å². The Kier molecular flexibility index (Phi) is 6.30. The molecule has 2 saturated heterocycles. The van der Waals surface area contributed by atoms with Crippen molar-refractivity contribution in [2.45, 2.75) is 44.2 Å². The number of rotatable bonds is 8. The molecule has 1 aliphatic carbocycles. The number of piperidine rings is 1. The first-order valence-corrected chi connectivity index (χ1v) is 15.1. The third-order valence-corrected chi connectivity index (χ3v) is 9.64. The molecule has 0 radical (unpaired) electrons. The number of halogens is 2. The van der Waals surface area contributed by atoms with Gasteiger partial charge in [0.2, 0.25) is 0 Å². The minimum absolute atomic E-state index is 0.0192. The van der Waals surface area contributed by atoms with E-state index in [-0.39, 0.29) is 35.2 Å². The predicted molar refractivity (Wildman–Crippen MR) is 157 cm³/mol. The smallest absolute Gasteiger partial charge is 0.335 e. The molecule has 228 valence electrons. The summed E-state index contributed by atoms with van der Waals surface area (Å²) in [6.45, 7) is 5.20. The second-order valence-electron chi connectivity index (χ2n) is 12.1. The average Bonchev–Trinajstić information content (AvgIpc) is 3.28. The Hall–Kier alpha value is -3.93. The number of aromatic carboxylic acids is 1. The summed E-state index contributed by atoms with van der Waals surface area (Å²) in [4.78, 5) is 23.5. The predicted octanol–water partition coefficient (Wildman–Crippen LogP) is 5.21. The van der Waals surface area contributed by atoms with Gasteiger partial charge in [0.1, 0.15) is 28.6 Å². The van der Waals surface area contributed by atoms with Crippen LogP contribution in [0.25, 0.3) is 11.0 Å². The first kappa shape index (κ1) is 27.6. The van der Waals surface area contributed by atoms with Gasteiger partial charge in [-0.15, -0.1) is 0 Å². The molecule has 3 aliphatic heterocycles. The number of benzene rings is 2. The van der Waals surface area contributed by atoms with Gasteiger partial charge in [-0.25, -0.2) is 14.2 Å². The zero-order valence-corrected chi connectivity index (χ0v) is 24.9. The molecule has 2 aromatic carbocycles. The van der Waals surface area contributed by atoms with Crippen molar-refractivity contribution in [3.05, 3.63) is 76.1 Å². The number of carbonyl (C=O) groups is 1. The third-order valence-electron chi connectivity index (χ3n) is 9.41. The maximum Gasteiger partial charge on any atom is 0.335 e. The minimum atomic E-state index is -1.18. The number of hydrogen-bond donors (Lipinski definition) is 1. The molecular formula is C32H30ClFN4O6. The van der Waals surface area contributed by atoms with Gasteiger partial charge in [-0.2, -0.15) is 0 Å². The zero-order chi connectivity index (χ0) is 30.3. The van der Waals surface area contributed by atoms with E-state index in [0.717, 1.165) is 31.9 Å². The number of pyridine rings is 1. The van der Waals surface area contributed by atoms with Crippen molar-refractivity contribution in [2.24, 2.45) is 11.8 Å². The van der Waals surface area contributed by atoms with E-state index in [1.54, 1.807) is 31.2 Å². The summed E-state index contributed by atoms with van der Waals surface area (Å²) in [6, 6.07) is 9.69. The lowest BCUT2D eigenvalue weighted by Crippen LogP contribution is -2.33. The molecule has 1 N–H and O–H groups in total. The quantitative estimate of drug-likeness (QED) is 0.284. The molecule has 12 heteroatoms. The van der Waals surface area contributed by atoms with Crippen LogP contribution in [0.2, 0.25) is 5.02 Å². The summed E-state index contributed by atoms with van der Waals surface area (Å²) in [5.74, 6) is 0.241. The molecule has 0 bridgehead atoms. The number of methoxy groups -OCH3 is 1. The van der Waals surface area contributed by atoms with Gasteiger partial charge in [0, 0.05) is 38.4 Å². The first-order valence-electron chi connectivity index (χ1n) is 14.7. The van der Waals surface area contributed by atoms with Crippen LogP contribution in [-0.2, 0) is 23.6 Å². The number of fused-ring (bicyclic) bond motifs is 3. The average molecular weight is 621 g/mol. The Morgan fingerprint density at radius 1 is 1.20 bits per heavy atom. The number of carboxylic acid groups (broad SMARTS) is 1. The number of carboxylic acids is 1. The van der Waals surface area contributed by atoms with Crippen molar-refractivity contribution < 1.29 is 33.2 Å². The van der Waals surface area contributed by atoms with Crippen LogP contribution in [0.4, 0.5) is 4.39 Å². The Labute approximate surface area is 257 Å². The molecule has 44 heavy (non-hydrogen) atoms. The van der Waals surface area contributed by atoms with Crippen LogP contribution in [-0.4, -0.2) is 63.4 Å². The van der Waals surface area contributed by atoms with Crippen molar-refractivity contribution in [1.29, 1.82) is 0 Å². The first-order chi connectivity index (χ1) is 21.2. The van der Waals surface area contributed by atoms with Gasteiger partial charge < -0.3 is 28.6 Å². The second kappa shape index (κ2) is 10.0. The fourth-order valence-corrected chi connectivity index (χ4v) is 7.18. The minimum Gasteiger partial charge on any atom is -0.494 e. The van der Waals surface area contributed by atoms with Crippen molar-refractivity contribution in [3.63, 3.8) is 0 Å². The maximum atomic E-state index is 15.4. The van der Waals surface area contributed by atoms with Gasteiger partial charge in [0.15, 0.2) is 11.5 Å². The van der Waals surface area contributed by atoms with Crippen LogP contribution >= 0.6 is 11.6 Å². The number of aromatic nitrogens is 3. The molecule has 2 aromatic heterocycles. The van der Waals surface area contributed by atoms with Crippen molar-refractivity contribution in [3.8, 4) is 17.2 Å². The highest BCUT2D eigenvalue weighted by Crippen LogP contribution is 2.63. The van der Waals surface area contributed by atoms with Gasteiger partial charge in [-0.1, -0.05) is 11.6 Å². The van der Waals surface area contributed by atoms with E-state index in [1.807, 2.05) is 0 Å². The molecule has 10 nitrogen and oxygen atoms in total. The van der Waals surface area contributed by atoms with Gasteiger partial charge in [0.25, 0.3) is 5.79 Å². The molecule has 4 aliphatic rings. The van der Waals surface area contributed by atoms with Crippen LogP contribution in [0.5, 0.6) is 17.2 Å². The van der Waals surface area contributed by atoms with E-state index in [0.29, 0.717) is 57.7 Å². The lowest BCUT2D eigenvalue weighted by molar-refractivity contribution is -0.0721. The molecule has 5 heterocycles. The van der Waals surface area contributed by atoms with Gasteiger partial charge >= 0.3 is 5.97 Å². The number of likely N-dealkylation sites (tertiary alicyclic amines) is 1. The van der Waals surface area contributed by atoms with E-state index in [1.165, 1.54) is 25.4 Å². The van der Waals surface area contributed by atoms with Crippen LogP contribution in [0.1, 0.15) is 46.7 Å². The summed E-state index contributed by atoms with van der Waals surface area (Å²) >= 11 is 6.02. The van der Waals surface area contributed by atoms with E-state index in [9.17, 15) is 9.90 Å². The molecule has 1 unspecified atom stereocenters. The Bertz CT molecular complexity index is 1800. The van der Waals surface area contributed by atoms with Gasteiger partial charge in [-0.05, 0) is 60.6 Å². The molecule has 1 saturated carbocycles. The maximum absolute atomic E-state index is 15.4. The number of ether oxygens (including phenoxy) is 4. The number of hydrogen-bond acceptors (Lipinski definition) is 8. The van der Waals surface area contributed by atoms with E-state index >= 15 is 4.39 Å². The molecule has 4 aromatic rings. The third kappa shape index (κ3) is 4.40. The van der Waals surface area contributed by atoms with E-state index in [4.69, 9.17) is 35.5 Å². The summed E-state index contributed by atoms with van der Waals surface area (Å²) < 4.78 is 41.2. The highest BCUT2D eigenvalue weighted by Gasteiger charge is 2.59. The highest BCUT2D eigenvalue weighted by molar-refractivity contribution is 6.30. The molecule has 0 spiro atoms. The SMILES string of the molecule is COc1cc(C(=O)O)cc2c1nc(CN1C[C@@H]3[C@H](C1)[C@H]3c1c(F)ccc3c1OC(C)(c1ccc(Cl)cn1)O3)n2C[C@@H]1CCO1. The van der Waals surface area contributed by atoms with E-state index in [2.05, 4.69) is 14.5 Å². The standard InChI is InChI=1S/C32H30ClFN4O6/c1-32(25-6-3-17(33)11-35-25)43-23-5-4-21(34)28(30(23)44-32)27-19-13-37(14-20(19)27)15-26-36-29-22(38(26)12-18-7-8-42-18)9-16(31(39)40)10-24(29)41-2/h3-6,9-11,18-20,27H,7-8,12-15H2,1-2H3,(H,39,40)/t18-,19-,20+,27+,32?/m0/s1. The fraction of sp³-hybridized carbons (Fsp3) is 0.406. The van der Waals surface area contributed by atoms with Crippen LogP contribution in [0, 0.1) is 17.7 Å². The van der Waals surface area contributed by atoms with Crippen LogP contribution in [0.15, 0.2) is 42.6 Å². The largest absolute Gasteiger partial charge is 0.494 e. The highest BCUT2D eigenvalue weighted by atomic mass is 35.5. The van der Waals surface area contributed by atoms with Crippen LogP contribution < -0.4 is 14.2 Å².